The maximum atomic E-state index is 12.4. The fourth-order valence-corrected chi connectivity index (χ4v) is 2.62. The Morgan fingerprint density at radius 2 is 2.26 bits per heavy atom. The second-order valence-corrected chi connectivity index (χ2v) is 6.12. The summed E-state index contributed by atoms with van der Waals surface area (Å²) in [5, 5.41) is 17.0. The summed E-state index contributed by atoms with van der Waals surface area (Å²) in [4.78, 5) is 12.4. The molecule has 0 radical (unpaired) electrons. The summed E-state index contributed by atoms with van der Waals surface area (Å²) in [6.07, 6.45) is 6.64. The molecule has 2 aliphatic carbocycles. The number of nitrogens with zero attached hydrogens (tertiary/aromatic N) is 2. The number of hydrogen-bond acceptors (Lipinski definition) is 4. The van der Waals surface area contributed by atoms with Gasteiger partial charge in [-0.25, -0.2) is 4.68 Å². The first-order valence-electron chi connectivity index (χ1n) is 6.78. The molecule has 1 aromatic rings. The first kappa shape index (κ1) is 12.9. The summed E-state index contributed by atoms with van der Waals surface area (Å²) in [5.74, 6) is 0.578. The number of aromatic nitrogens is 2. The summed E-state index contributed by atoms with van der Waals surface area (Å²) < 4.78 is 1.48. The van der Waals surface area contributed by atoms with Crippen molar-refractivity contribution in [2.24, 2.45) is 5.92 Å². The van der Waals surface area contributed by atoms with Crippen molar-refractivity contribution in [2.45, 2.75) is 44.2 Å². The summed E-state index contributed by atoms with van der Waals surface area (Å²) in [7, 11) is 0. The van der Waals surface area contributed by atoms with E-state index in [1.807, 2.05) is 0 Å². The molecule has 0 bridgehead atoms. The molecule has 3 rings (SSSR count). The van der Waals surface area contributed by atoms with E-state index in [0.29, 0.717) is 23.2 Å². The molecular weight excluding hydrogens is 266 g/mol. The molecule has 104 valence electrons. The lowest BCUT2D eigenvalue weighted by atomic mass is 9.77. The molecule has 0 aromatic carbocycles. The minimum Gasteiger partial charge on any atom is -0.394 e. The van der Waals surface area contributed by atoms with Crippen LogP contribution in [0.1, 0.15) is 32.1 Å². The SMILES string of the molecule is O=c1c(NC2(CO)CCC2)c(Cl)cnn1CC1CC1. The Bertz CT molecular complexity index is 530. The van der Waals surface area contributed by atoms with Crippen LogP contribution in [-0.4, -0.2) is 27.0 Å². The van der Waals surface area contributed by atoms with Crippen LogP contribution >= 0.6 is 11.6 Å². The summed E-state index contributed by atoms with van der Waals surface area (Å²) >= 11 is 6.08. The van der Waals surface area contributed by atoms with Crippen LogP contribution in [0.4, 0.5) is 5.69 Å². The van der Waals surface area contributed by atoms with E-state index in [1.54, 1.807) is 0 Å². The Hall–Kier alpha value is -1.07. The lowest BCUT2D eigenvalue weighted by molar-refractivity contribution is 0.144. The summed E-state index contributed by atoms with van der Waals surface area (Å²) in [6.45, 7) is 0.685. The van der Waals surface area contributed by atoms with Gasteiger partial charge >= 0.3 is 0 Å². The average molecular weight is 284 g/mol. The van der Waals surface area contributed by atoms with Crippen LogP contribution in [0, 0.1) is 5.92 Å². The summed E-state index contributed by atoms with van der Waals surface area (Å²) in [5.41, 5.74) is -0.174. The largest absolute Gasteiger partial charge is 0.394 e. The van der Waals surface area contributed by atoms with Crippen molar-refractivity contribution < 1.29 is 5.11 Å². The molecule has 2 aliphatic rings. The number of hydrogen-bond donors (Lipinski definition) is 2. The van der Waals surface area contributed by atoms with Crippen LogP contribution in [0.5, 0.6) is 0 Å². The lowest BCUT2D eigenvalue weighted by Crippen LogP contribution is -2.50. The van der Waals surface area contributed by atoms with Crippen LogP contribution in [-0.2, 0) is 6.54 Å². The van der Waals surface area contributed by atoms with Crippen LogP contribution in [0.2, 0.25) is 5.02 Å². The molecule has 0 spiro atoms. The van der Waals surface area contributed by atoms with Crippen molar-refractivity contribution in [1.82, 2.24) is 9.78 Å². The molecule has 2 fully saturated rings. The van der Waals surface area contributed by atoms with Gasteiger partial charge in [-0.15, -0.1) is 0 Å². The van der Waals surface area contributed by atoms with Crippen molar-refractivity contribution >= 4 is 17.3 Å². The van der Waals surface area contributed by atoms with Gasteiger partial charge < -0.3 is 10.4 Å². The standard InChI is InChI=1S/C13H18ClN3O2/c14-10-6-15-17(7-9-2-3-9)12(19)11(10)16-13(8-18)4-1-5-13/h6,9,16,18H,1-5,7-8H2. The molecule has 5 nitrogen and oxygen atoms in total. The Labute approximate surface area is 116 Å². The third-order valence-corrected chi connectivity index (χ3v) is 4.42. The van der Waals surface area contributed by atoms with E-state index in [1.165, 1.54) is 23.7 Å². The highest BCUT2D eigenvalue weighted by Gasteiger charge is 2.37. The third kappa shape index (κ3) is 2.49. The number of halogens is 1. The average Bonchev–Trinajstić information content (AvgIpc) is 3.15. The molecule has 0 atom stereocenters. The van der Waals surface area contributed by atoms with Crippen molar-refractivity contribution in [1.29, 1.82) is 0 Å². The van der Waals surface area contributed by atoms with E-state index >= 15 is 0 Å². The quantitative estimate of drug-likeness (QED) is 0.862. The molecule has 19 heavy (non-hydrogen) atoms. The van der Waals surface area contributed by atoms with Gasteiger partial charge in [0.1, 0.15) is 5.69 Å². The van der Waals surface area contributed by atoms with Gasteiger partial charge in [-0.05, 0) is 38.0 Å². The molecule has 1 aromatic heterocycles. The predicted octanol–water partition coefficient (Wildman–Crippen LogP) is 1.63. The topological polar surface area (TPSA) is 67.2 Å². The second kappa shape index (κ2) is 4.80. The van der Waals surface area contributed by atoms with Gasteiger partial charge in [0.25, 0.3) is 5.56 Å². The van der Waals surface area contributed by atoms with Gasteiger partial charge in [-0.1, -0.05) is 11.6 Å². The van der Waals surface area contributed by atoms with Crippen molar-refractivity contribution in [3.8, 4) is 0 Å². The number of aliphatic hydroxyl groups is 1. The first-order chi connectivity index (χ1) is 9.13. The zero-order valence-corrected chi connectivity index (χ0v) is 11.5. The van der Waals surface area contributed by atoms with E-state index in [4.69, 9.17) is 11.6 Å². The van der Waals surface area contributed by atoms with E-state index in [0.717, 1.165) is 19.3 Å². The summed E-state index contributed by atoms with van der Waals surface area (Å²) in [6, 6.07) is 0. The minimum atomic E-state index is -0.373. The highest BCUT2D eigenvalue weighted by Crippen LogP contribution is 2.35. The van der Waals surface area contributed by atoms with Crippen molar-refractivity contribution in [3.05, 3.63) is 21.6 Å². The van der Waals surface area contributed by atoms with Crippen molar-refractivity contribution in [2.75, 3.05) is 11.9 Å². The fraction of sp³-hybridized carbons (Fsp3) is 0.692. The van der Waals surface area contributed by atoms with Gasteiger partial charge in [0.05, 0.1) is 23.4 Å². The monoisotopic (exact) mass is 283 g/mol. The zero-order chi connectivity index (χ0) is 13.5. The van der Waals surface area contributed by atoms with Crippen molar-refractivity contribution in [3.63, 3.8) is 0 Å². The second-order valence-electron chi connectivity index (χ2n) is 5.72. The van der Waals surface area contributed by atoms with Gasteiger partial charge in [0, 0.05) is 6.54 Å². The lowest BCUT2D eigenvalue weighted by Gasteiger charge is -2.41. The maximum Gasteiger partial charge on any atom is 0.291 e. The molecular formula is C13H18ClN3O2. The van der Waals surface area contributed by atoms with E-state index < -0.39 is 0 Å². The van der Waals surface area contributed by atoms with E-state index in [-0.39, 0.29) is 17.7 Å². The van der Waals surface area contributed by atoms with E-state index in [9.17, 15) is 9.90 Å². The Morgan fingerprint density at radius 1 is 1.53 bits per heavy atom. The molecule has 0 aliphatic heterocycles. The van der Waals surface area contributed by atoms with Crippen LogP contribution in [0.25, 0.3) is 0 Å². The van der Waals surface area contributed by atoms with Gasteiger partial charge in [0.15, 0.2) is 0 Å². The number of anilines is 1. The molecule has 0 saturated heterocycles. The maximum absolute atomic E-state index is 12.4. The van der Waals surface area contributed by atoms with E-state index in [2.05, 4.69) is 10.4 Å². The first-order valence-corrected chi connectivity index (χ1v) is 7.16. The smallest absolute Gasteiger partial charge is 0.291 e. The highest BCUT2D eigenvalue weighted by molar-refractivity contribution is 6.33. The minimum absolute atomic E-state index is 0.0215. The molecule has 2 saturated carbocycles. The van der Waals surface area contributed by atoms with Crippen LogP contribution < -0.4 is 10.9 Å². The Balaban J connectivity index is 1.88. The Morgan fingerprint density at radius 3 is 2.79 bits per heavy atom. The molecule has 2 N–H and O–H groups in total. The molecule has 0 amide bonds. The van der Waals surface area contributed by atoms with Gasteiger partial charge in [0.2, 0.25) is 0 Å². The number of rotatable bonds is 5. The Kier molecular flexibility index (Phi) is 3.27. The van der Waals surface area contributed by atoms with Gasteiger partial charge in [-0.3, -0.25) is 4.79 Å². The molecule has 1 heterocycles. The third-order valence-electron chi connectivity index (χ3n) is 4.13. The molecule has 6 heteroatoms. The van der Waals surface area contributed by atoms with Crippen LogP contribution in [0.15, 0.2) is 11.0 Å². The number of aliphatic hydroxyl groups excluding tert-OH is 1. The molecule has 0 unspecified atom stereocenters. The zero-order valence-electron chi connectivity index (χ0n) is 10.7. The van der Waals surface area contributed by atoms with Gasteiger partial charge in [-0.2, -0.15) is 5.10 Å². The predicted molar refractivity (Wildman–Crippen MR) is 73.5 cm³/mol. The number of nitrogens with one attached hydrogen (secondary N) is 1. The normalized spacial score (nSPS) is 20.9. The fourth-order valence-electron chi connectivity index (χ4n) is 2.45. The highest BCUT2D eigenvalue weighted by atomic mass is 35.5. The van der Waals surface area contributed by atoms with Crippen LogP contribution in [0.3, 0.4) is 0 Å².